The molecular weight excluding hydrogens is 548 g/mol. The minimum atomic E-state index is 0.0674. The molecule has 0 amide bonds. The second kappa shape index (κ2) is 11.2. The average Bonchev–Trinajstić information content (AvgIpc) is 3.03. The Morgan fingerprint density at radius 1 is 0.644 bits per heavy atom. The summed E-state index contributed by atoms with van der Waals surface area (Å²) >= 11 is 0. The van der Waals surface area contributed by atoms with E-state index in [-0.39, 0.29) is 5.41 Å². The van der Waals surface area contributed by atoms with Crippen molar-refractivity contribution in [3.05, 3.63) is 102 Å². The number of nitrogens with zero attached hydrogens (tertiary/aromatic N) is 4. The van der Waals surface area contributed by atoms with Gasteiger partial charge in [0.1, 0.15) is 0 Å². The Labute approximate surface area is 267 Å². The largest absolute Gasteiger partial charge is 0.208 e. The molecule has 0 aliphatic heterocycles. The van der Waals surface area contributed by atoms with Crippen LogP contribution >= 0.6 is 0 Å². The van der Waals surface area contributed by atoms with E-state index in [2.05, 4.69) is 95.3 Å². The lowest BCUT2D eigenvalue weighted by atomic mass is 9.54. The molecule has 4 atom stereocenters. The lowest BCUT2D eigenvalue weighted by Gasteiger charge is -2.50. The fraction of sp³-hybridized carbons (Fsp3) is 0.366. The van der Waals surface area contributed by atoms with Crippen LogP contribution in [0.3, 0.4) is 0 Å². The van der Waals surface area contributed by atoms with Gasteiger partial charge in [-0.3, -0.25) is 0 Å². The lowest BCUT2D eigenvalue weighted by molar-refractivity contribution is 0.0780. The smallest absolute Gasteiger partial charge is 0.164 e. The quantitative estimate of drug-likeness (QED) is 0.209. The summed E-state index contributed by atoms with van der Waals surface area (Å²) in [6, 6.07) is 32.0. The number of aromatic nitrogens is 3. The van der Waals surface area contributed by atoms with Gasteiger partial charge in [-0.2, -0.15) is 5.26 Å². The number of fused-ring (bicyclic) bond motifs is 3. The first-order chi connectivity index (χ1) is 21.6. The summed E-state index contributed by atoms with van der Waals surface area (Å²) in [5, 5.41) is 11.4. The van der Waals surface area contributed by atoms with Crippen LogP contribution in [0.1, 0.15) is 83.4 Å². The fourth-order valence-corrected chi connectivity index (χ4v) is 8.37. The molecule has 0 radical (unpaired) electrons. The summed E-state index contributed by atoms with van der Waals surface area (Å²) in [5.74, 6) is 4.41. The first kappa shape index (κ1) is 29.4. The van der Waals surface area contributed by atoms with Gasteiger partial charge in [-0.25, -0.2) is 15.0 Å². The van der Waals surface area contributed by atoms with Gasteiger partial charge in [0.05, 0.1) is 11.6 Å². The van der Waals surface area contributed by atoms with Gasteiger partial charge in [0.2, 0.25) is 0 Å². The van der Waals surface area contributed by atoms with Crippen molar-refractivity contribution in [1.82, 2.24) is 15.0 Å². The van der Waals surface area contributed by atoms with E-state index < -0.39 is 0 Å². The van der Waals surface area contributed by atoms with Crippen molar-refractivity contribution in [3.8, 4) is 40.2 Å². The van der Waals surface area contributed by atoms with Crippen LogP contribution in [0, 0.1) is 29.1 Å². The Hall–Kier alpha value is -4.36. The molecule has 226 valence electrons. The van der Waals surface area contributed by atoms with Crippen LogP contribution in [-0.4, -0.2) is 15.0 Å². The molecule has 45 heavy (non-hydrogen) atoms. The fourth-order valence-electron chi connectivity index (χ4n) is 8.37. The minimum Gasteiger partial charge on any atom is -0.208 e. The van der Waals surface area contributed by atoms with E-state index >= 15 is 0 Å². The van der Waals surface area contributed by atoms with Gasteiger partial charge >= 0.3 is 0 Å². The van der Waals surface area contributed by atoms with Gasteiger partial charge in [-0.05, 0) is 101 Å². The second-order valence-corrected chi connectivity index (χ2v) is 15.0. The van der Waals surface area contributed by atoms with Crippen molar-refractivity contribution in [2.45, 2.75) is 77.6 Å². The molecule has 5 aromatic rings. The first-order valence-corrected chi connectivity index (χ1v) is 16.5. The van der Waals surface area contributed by atoms with Gasteiger partial charge in [0, 0.05) is 16.7 Å². The van der Waals surface area contributed by atoms with Crippen molar-refractivity contribution in [1.29, 1.82) is 5.26 Å². The zero-order valence-corrected chi connectivity index (χ0v) is 27.1. The summed E-state index contributed by atoms with van der Waals surface area (Å²) in [5.41, 5.74) is 6.68. The van der Waals surface area contributed by atoms with Crippen LogP contribution in [0.4, 0.5) is 0 Å². The summed E-state index contributed by atoms with van der Waals surface area (Å²) in [6.07, 6.45) is 6.66. The Kier molecular flexibility index (Phi) is 7.32. The van der Waals surface area contributed by atoms with Crippen molar-refractivity contribution in [2.75, 3.05) is 0 Å². The average molecular weight is 591 g/mol. The molecule has 1 heterocycles. The molecule has 2 fully saturated rings. The molecule has 0 spiro atoms. The van der Waals surface area contributed by atoms with Crippen LogP contribution in [0.15, 0.2) is 84.9 Å². The third-order valence-electron chi connectivity index (χ3n) is 10.3. The maximum Gasteiger partial charge on any atom is 0.164 e. The van der Waals surface area contributed by atoms with Crippen LogP contribution in [0.5, 0.6) is 0 Å². The summed E-state index contributed by atoms with van der Waals surface area (Å²) < 4.78 is 0. The zero-order valence-electron chi connectivity index (χ0n) is 27.1. The Balaban J connectivity index is 1.30. The minimum absolute atomic E-state index is 0.0674. The van der Waals surface area contributed by atoms with Crippen LogP contribution in [0.2, 0.25) is 0 Å². The topological polar surface area (TPSA) is 62.5 Å². The highest BCUT2D eigenvalue weighted by molar-refractivity contribution is 5.87. The molecule has 1 unspecified atom stereocenters. The van der Waals surface area contributed by atoms with Crippen molar-refractivity contribution in [3.63, 3.8) is 0 Å². The normalized spacial score (nSPS) is 23.1. The molecule has 4 heteroatoms. The van der Waals surface area contributed by atoms with Gasteiger partial charge in [-0.1, -0.05) is 101 Å². The van der Waals surface area contributed by atoms with E-state index in [1.807, 2.05) is 30.3 Å². The van der Waals surface area contributed by atoms with E-state index in [1.165, 1.54) is 43.2 Å². The number of rotatable bonds is 4. The highest BCUT2D eigenvalue weighted by Gasteiger charge is 2.45. The third-order valence-corrected chi connectivity index (χ3v) is 10.3. The molecule has 2 bridgehead atoms. The van der Waals surface area contributed by atoms with Gasteiger partial charge < -0.3 is 0 Å². The zero-order chi connectivity index (χ0) is 31.3. The van der Waals surface area contributed by atoms with Crippen LogP contribution < -0.4 is 0 Å². The number of nitriles is 1. The summed E-state index contributed by atoms with van der Waals surface area (Å²) in [4.78, 5) is 15.1. The van der Waals surface area contributed by atoms with Gasteiger partial charge in [0.15, 0.2) is 17.5 Å². The predicted octanol–water partition coefficient (Wildman–Crippen LogP) is 10.3. The monoisotopic (exact) mass is 590 g/mol. The Morgan fingerprint density at radius 3 is 1.73 bits per heavy atom. The molecule has 7 rings (SSSR count). The molecule has 4 nitrogen and oxygen atoms in total. The molecule has 1 aromatic heterocycles. The lowest BCUT2D eigenvalue weighted by Crippen LogP contribution is -2.42. The summed E-state index contributed by atoms with van der Waals surface area (Å²) in [7, 11) is 0. The van der Waals surface area contributed by atoms with Gasteiger partial charge in [-0.15, -0.1) is 0 Å². The number of hydrogen-bond acceptors (Lipinski definition) is 4. The maximum atomic E-state index is 9.35. The number of hydrogen-bond donors (Lipinski definition) is 0. The van der Waals surface area contributed by atoms with E-state index in [0.29, 0.717) is 28.5 Å². The molecule has 2 aliphatic carbocycles. The SMILES string of the molecule is C[C@@H]1C[C@@H]2C[C@H](C)CC(c3ccc(-c4nc(-c5ccc(C(C)(C)C)cc5)nc(-c5ccc6cc(C#N)ccc6c5)n4)cc3)(C1)C2. The standard InChI is InChI=1S/C41H42N4/c1-26-18-29-19-27(2)23-41(22-26,24-29)36-16-12-31(13-17-36)38-43-37(30-10-14-35(15-11-30)40(3,4)5)44-39(45-38)34-9-8-32-20-28(25-42)6-7-33(32)21-34/h6-17,20-21,26-27,29H,18-19,22-24H2,1-5H3/t26-,27+,29-,41?. The first-order valence-electron chi connectivity index (χ1n) is 16.5. The van der Waals surface area contributed by atoms with Gasteiger partial charge in [0.25, 0.3) is 0 Å². The molecular formula is C41H42N4. The Bertz CT molecular complexity index is 1890. The van der Waals surface area contributed by atoms with Crippen molar-refractivity contribution in [2.24, 2.45) is 17.8 Å². The van der Waals surface area contributed by atoms with Crippen molar-refractivity contribution >= 4 is 10.8 Å². The van der Waals surface area contributed by atoms with E-state index in [0.717, 1.165) is 45.2 Å². The molecule has 4 aromatic carbocycles. The Morgan fingerprint density at radius 2 is 1.16 bits per heavy atom. The predicted molar refractivity (Wildman–Crippen MR) is 184 cm³/mol. The van der Waals surface area contributed by atoms with E-state index in [1.54, 1.807) is 0 Å². The second-order valence-electron chi connectivity index (χ2n) is 15.0. The van der Waals surface area contributed by atoms with E-state index in [4.69, 9.17) is 15.0 Å². The van der Waals surface area contributed by atoms with Crippen LogP contribution in [0.25, 0.3) is 44.9 Å². The highest BCUT2D eigenvalue weighted by atomic mass is 15.0. The van der Waals surface area contributed by atoms with E-state index in [9.17, 15) is 5.26 Å². The number of benzene rings is 4. The van der Waals surface area contributed by atoms with Crippen LogP contribution in [-0.2, 0) is 10.8 Å². The van der Waals surface area contributed by atoms with Crippen molar-refractivity contribution < 1.29 is 0 Å². The molecule has 2 saturated carbocycles. The highest BCUT2D eigenvalue weighted by Crippen LogP contribution is 2.54. The summed E-state index contributed by atoms with van der Waals surface area (Å²) in [6.45, 7) is 11.6. The third kappa shape index (κ3) is 5.77. The maximum absolute atomic E-state index is 9.35. The molecule has 2 aliphatic rings. The molecule has 0 N–H and O–H groups in total. The molecule has 0 saturated heterocycles.